The Hall–Kier alpha value is -2.89. The lowest BCUT2D eigenvalue weighted by Gasteiger charge is -2.28. The molecule has 2 aromatic carbocycles. The molecule has 0 radical (unpaired) electrons. The fourth-order valence-electron chi connectivity index (χ4n) is 4.32. The summed E-state index contributed by atoms with van der Waals surface area (Å²) in [4.78, 5) is 39.8. The largest absolute Gasteiger partial charge is 0.357 e. The maximum Gasteiger partial charge on any atom is 0.243 e. The van der Waals surface area contributed by atoms with Gasteiger partial charge in [-0.05, 0) is 42.9 Å². The number of hydrogen-bond acceptors (Lipinski definition) is 6. The molecular weight excluding hydrogens is 572 g/mol. The van der Waals surface area contributed by atoms with E-state index in [0.29, 0.717) is 25.7 Å². The predicted octanol–water partition coefficient (Wildman–Crippen LogP) is 3.65. The van der Waals surface area contributed by atoms with Crippen LogP contribution in [0.5, 0.6) is 0 Å². The molecule has 4 N–H and O–H groups in total. The van der Waals surface area contributed by atoms with Crippen molar-refractivity contribution in [1.29, 1.82) is 0 Å². The second kappa shape index (κ2) is 16.7. The Balaban J connectivity index is 2.11. The number of carbonyl (C=O) groups is 3. The van der Waals surface area contributed by atoms with E-state index in [4.69, 9.17) is 0 Å². The molecule has 1 unspecified atom stereocenters. The zero-order valence-electron chi connectivity index (χ0n) is 25.5. The van der Waals surface area contributed by atoms with Crippen LogP contribution in [0.1, 0.15) is 59.4 Å². The molecule has 0 saturated carbocycles. The highest BCUT2D eigenvalue weighted by Crippen LogP contribution is 2.31. The van der Waals surface area contributed by atoms with Gasteiger partial charge in [-0.2, -0.15) is 0 Å². The quantitative estimate of drug-likeness (QED) is 0.212. The van der Waals surface area contributed by atoms with Gasteiger partial charge in [0.15, 0.2) is 0 Å². The molecule has 0 bridgehead atoms. The number of sulfonamides is 1. The van der Waals surface area contributed by atoms with E-state index in [0.717, 1.165) is 5.56 Å². The summed E-state index contributed by atoms with van der Waals surface area (Å²) in [5.74, 6) is -0.923. The lowest BCUT2D eigenvalue weighted by atomic mass is 10.0. The van der Waals surface area contributed by atoms with E-state index >= 15 is 0 Å². The minimum atomic E-state index is -3.64. The summed E-state index contributed by atoms with van der Waals surface area (Å²) in [6, 6.07) is 15.9. The first-order valence-electron chi connectivity index (χ1n) is 14.3. The third-order valence-corrected chi connectivity index (χ3v) is 9.20. The van der Waals surface area contributed by atoms with Crippen LogP contribution in [0.3, 0.4) is 0 Å². The monoisotopic (exact) mass is 618 g/mol. The molecule has 0 fully saturated rings. The summed E-state index contributed by atoms with van der Waals surface area (Å²) in [5.41, 5.74) is 0.903. The van der Waals surface area contributed by atoms with Crippen LogP contribution in [0.15, 0.2) is 65.6 Å². The fraction of sp³-hybridized carbons (Fsp3) is 0.516. The summed E-state index contributed by atoms with van der Waals surface area (Å²) in [5, 5.41) is 7.89. The highest BCUT2D eigenvalue weighted by Gasteiger charge is 2.31. The third kappa shape index (κ3) is 12.5. The summed E-state index contributed by atoms with van der Waals surface area (Å²) in [6.07, 6.45) is 1.56. The van der Waals surface area contributed by atoms with E-state index in [1.54, 1.807) is 18.2 Å². The molecule has 3 atom stereocenters. The van der Waals surface area contributed by atoms with Crippen LogP contribution in [0, 0.1) is 5.92 Å². The number of rotatable bonds is 16. The Morgan fingerprint density at radius 1 is 0.833 bits per heavy atom. The van der Waals surface area contributed by atoms with E-state index in [1.165, 1.54) is 30.9 Å². The van der Waals surface area contributed by atoms with Crippen LogP contribution in [0.25, 0.3) is 0 Å². The number of likely N-dealkylation sites (N-methyl/N-ethyl adjacent to an activating group) is 1. The first kappa shape index (κ1) is 35.3. The number of carbonyl (C=O) groups excluding carboxylic acids is 3. The van der Waals surface area contributed by atoms with Gasteiger partial charge in [-0.3, -0.25) is 14.4 Å². The van der Waals surface area contributed by atoms with E-state index in [2.05, 4.69) is 20.7 Å². The van der Waals surface area contributed by atoms with E-state index in [9.17, 15) is 22.8 Å². The van der Waals surface area contributed by atoms with Gasteiger partial charge >= 0.3 is 0 Å². The van der Waals surface area contributed by atoms with Crippen LogP contribution in [0.4, 0.5) is 0 Å². The van der Waals surface area contributed by atoms with Gasteiger partial charge in [0.1, 0.15) is 12.1 Å². The van der Waals surface area contributed by atoms with Crippen molar-refractivity contribution < 1.29 is 22.8 Å². The van der Waals surface area contributed by atoms with Crippen molar-refractivity contribution in [2.24, 2.45) is 5.92 Å². The van der Waals surface area contributed by atoms with Crippen molar-refractivity contribution in [3.63, 3.8) is 0 Å². The van der Waals surface area contributed by atoms with Crippen molar-refractivity contribution in [2.75, 3.05) is 13.6 Å². The molecule has 232 valence electrons. The number of amides is 3. The molecule has 42 heavy (non-hydrogen) atoms. The van der Waals surface area contributed by atoms with Gasteiger partial charge in [0.2, 0.25) is 27.7 Å². The van der Waals surface area contributed by atoms with E-state index in [1.807, 2.05) is 65.0 Å². The lowest BCUT2D eigenvalue weighted by molar-refractivity contribution is -0.132. The SMILES string of the molecule is CNC(=O)[C@H](Cc1ccccc1)NC(=O)[C@H](CC(C)C)NC(=O)C(CCCNS(=O)(=O)c1ccccc1)SC(C)(C)C. The summed E-state index contributed by atoms with van der Waals surface area (Å²) in [6.45, 7) is 10.1. The maximum atomic E-state index is 13.6. The molecule has 11 heteroatoms. The number of benzene rings is 2. The zero-order chi connectivity index (χ0) is 31.3. The van der Waals surface area contributed by atoms with Crippen molar-refractivity contribution in [2.45, 2.75) is 87.3 Å². The van der Waals surface area contributed by atoms with Crippen molar-refractivity contribution >= 4 is 39.5 Å². The van der Waals surface area contributed by atoms with Gasteiger partial charge in [-0.1, -0.05) is 83.1 Å². The molecule has 0 aliphatic heterocycles. The fourth-order valence-corrected chi connectivity index (χ4v) is 6.73. The molecule has 0 aliphatic rings. The lowest BCUT2D eigenvalue weighted by Crippen LogP contribution is -2.55. The highest BCUT2D eigenvalue weighted by atomic mass is 32.2. The Labute approximate surface area is 255 Å². The summed E-state index contributed by atoms with van der Waals surface area (Å²) >= 11 is 1.48. The van der Waals surface area contributed by atoms with E-state index in [-0.39, 0.29) is 33.9 Å². The average Bonchev–Trinajstić information content (AvgIpc) is 2.93. The zero-order valence-corrected chi connectivity index (χ0v) is 27.1. The standard InChI is InChI=1S/C31H46N4O5S2/c1-22(2)20-25(29(37)34-26(28(36)32-6)21-23-14-9-7-10-15-23)35-30(38)27(41-31(3,4)5)18-13-19-33-42(39,40)24-16-11-8-12-17-24/h7-12,14-17,22,25-27,33H,13,18-21H2,1-6H3,(H,32,36)(H,34,37)(H,35,38)/t25-,26-,27?/m0/s1. The molecule has 0 saturated heterocycles. The minimum Gasteiger partial charge on any atom is -0.357 e. The first-order chi connectivity index (χ1) is 19.7. The summed E-state index contributed by atoms with van der Waals surface area (Å²) in [7, 11) is -2.12. The average molecular weight is 619 g/mol. The first-order valence-corrected chi connectivity index (χ1v) is 16.7. The minimum absolute atomic E-state index is 0.106. The molecule has 2 aromatic rings. The van der Waals surface area contributed by atoms with Crippen molar-refractivity contribution in [3.05, 3.63) is 66.2 Å². The van der Waals surface area contributed by atoms with E-state index < -0.39 is 33.3 Å². The molecule has 2 rings (SSSR count). The molecule has 9 nitrogen and oxygen atoms in total. The van der Waals surface area contributed by atoms with Crippen LogP contribution in [-0.4, -0.2) is 61.8 Å². The summed E-state index contributed by atoms with van der Waals surface area (Å²) < 4.78 is 27.5. The van der Waals surface area contributed by atoms with Crippen molar-refractivity contribution in [3.8, 4) is 0 Å². The molecule has 0 spiro atoms. The molecule has 3 amide bonds. The maximum absolute atomic E-state index is 13.6. The smallest absolute Gasteiger partial charge is 0.243 e. The Morgan fingerprint density at radius 3 is 1.95 bits per heavy atom. The topological polar surface area (TPSA) is 133 Å². The van der Waals surface area contributed by atoms with Gasteiger partial charge in [-0.25, -0.2) is 13.1 Å². The number of hydrogen-bond donors (Lipinski definition) is 4. The van der Waals surface area contributed by atoms with Crippen LogP contribution in [-0.2, 0) is 30.8 Å². The van der Waals surface area contributed by atoms with Crippen molar-refractivity contribution in [1.82, 2.24) is 20.7 Å². The van der Waals surface area contributed by atoms with Gasteiger partial charge < -0.3 is 16.0 Å². The van der Waals surface area contributed by atoms with Crippen LogP contribution >= 0.6 is 11.8 Å². The molecule has 0 aliphatic carbocycles. The molecule has 0 heterocycles. The Morgan fingerprint density at radius 2 is 1.40 bits per heavy atom. The Bertz CT molecular complexity index is 1250. The van der Waals surface area contributed by atoms with Gasteiger partial charge in [-0.15, -0.1) is 11.8 Å². The number of nitrogens with one attached hydrogen (secondary N) is 4. The Kier molecular flexibility index (Phi) is 14.0. The van der Waals surface area contributed by atoms with Gasteiger partial charge in [0.25, 0.3) is 0 Å². The molecular formula is C31H46N4O5S2. The second-order valence-corrected chi connectivity index (χ2v) is 15.4. The van der Waals surface area contributed by atoms with Crippen LogP contribution in [0.2, 0.25) is 0 Å². The predicted molar refractivity (Wildman–Crippen MR) is 170 cm³/mol. The molecule has 0 aromatic heterocycles. The third-order valence-electron chi connectivity index (χ3n) is 6.28. The van der Waals surface area contributed by atoms with Gasteiger partial charge in [0.05, 0.1) is 10.1 Å². The number of thioether (sulfide) groups is 1. The second-order valence-electron chi connectivity index (χ2n) is 11.6. The normalized spacial score (nSPS) is 14.1. The van der Waals surface area contributed by atoms with Crippen LogP contribution < -0.4 is 20.7 Å². The highest BCUT2D eigenvalue weighted by molar-refractivity contribution is 8.01. The van der Waals surface area contributed by atoms with Gasteiger partial charge in [0, 0.05) is 24.8 Å².